The Bertz CT molecular complexity index is 923. The number of ether oxygens (including phenoxy) is 1. The van der Waals surface area contributed by atoms with Crippen LogP contribution in [-0.2, 0) is 20.1 Å². The van der Waals surface area contributed by atoms with Crippen molar-refractivity contribution < 1.29 is 42.5 Å². The first-order valence-corrected chi connectivity index (χ1v) is 13.2. The second kappa shape index (κ2) is 7.59. The van der Waals surface area contributed by atoms with E-state index in [1.807, 2.05) is 6.07 Å². The zero-order chi connectivity index (χ0) is 21.9. The molecule has 1 aromatic carbocycles. The van der Waals surface area contributed by atoms with Gasteiger partial charge in [-0.3, -0.25) is 14.3 Å². The van der Waals surface area contributed by atoms with Gasteiger partial charge in [-0.2, -0.15) is 0 Å². The molecule has 9 nitrogen and oxygen atoms in total. The van der Waals surface area contributed by atoms with Gasteiger partial charge in [-0.15, -0.1) is 0 Å². The normalized spacial score (nSPS) is 33.4. The predicted molar refractivity (Wildman–Crippen MR) is 107 cm³/mol. The maximum atomic E-state index is 11.4. The lowest BCUT2D eigenvalue weighted by Crippen LogP contribution is -2.44. The van der Waals surface area contributed by atoms with E-state index >= 15 is 0 Å². The molecule has 0 spiro atoms. The van der Waals surface area contributed by atoms with Gasteiger partial charge in [-0.1, -0.05) is 6.92 Å². The highest BCUT2D eigenvalue weighted by Crippen LogP contribution is 2.63. The molecule has 2 fully saturated rings. The number of fused-ring (bicyclic) bond motifs is 5. The minimum Gasteiger partial charge on any atom is -0.493 e. The Morgan fingerprint density at radius 1 is 1.00 bits per heavy atom. The number of benzene rings is 1. The zero-order valence-electron chi connectivity index (χ0n) is 16.9. The van der Waals surface area contributed by atoms with Crippen LogP contribution < -0.4 is 9.26 Å². The van der Waals surface area contributed by atoms with Crippen LogP contribution in [0, 0.1) is 17.3 Å². The van der Waals surface area contributed by atoms with Crippen LogP contribution in [-0.4, -0.2) is 32.8 Å². The van der Waals surface area contributed by atoms with Gasteiger partial charge < -0.3 is 19.0 Å². The standard InChI is InChI=1S/C19H28O9P2/c1-19-8-7-12-13(15(19)5-6-18(19)28-30(23,24)25)4-3-11-9-17(27-29(20,21)22)16(26-2)10-14(11)12/h9-10,12-13,15,18H,3-8H2,1-2H3,(H2,20,21,22)(H2,23,24,25)/t12-,13+,15-,18-,19-/m0/s1. The molecule has 0 saturated heterocycles. The summed E-state index contributed by atoms with van der Waals surface area (Å²) in [6.07, 6.45) is 4.37. The van der Waals surface area contributed by atoms with Crippen molar-refractivity contribution >= 4 is 15.6 Å². The van der Waals surface area contributed by atoms with Crippen LogP contribution in [0.2, 0.25) is 0 Å². The van der Waals surface area contributed by atoms with Crippen molar-refractivity contribution in [3.8, 4) is 11.5 Å². The van der Waals surface area contributed by atoms with Crippen LogP contribution in [0.4, 0.5) is 0 Å². The van der Waals surface area contributed by atoms with E-state index in [4.69, 9.17) is 13.8 Å². The molecule has 4 rings (SSSR count). The van der Waals surface area contributed by atoms with Gasteiger partial charge in [0.15, 0.2) is 11.5 Å². The third kappa shape index (κ3) is 4.09. The molecule has 30 heavy (non-hydrogen) atoms. The Labute approximate surface area is 175 Å². The summed E-state index contributed by atoms with van der Waals surface area (Å²) in [4.78, 5) is 37.0. The summed E-state index contributed by atoms with van der Waals surface area (Å²) >= 11 is 0. The summed E-state index contributed by atoms with van der Waals surface area (Å²) in [5.74, 6) is 1.26. The molecule has 0 bridgehead atoms. The molecule has 0 aliphatic heterocycles. The summed E-state index contributed by atoms with van der Waals surface area (Å²) in [5.41, 5.74) is 1.85. The molecule has 11 heteroatoms. The number of hydrogen-bond acceptors (Lipinski definition) is 5. The smallest absolute Gasteiger partial charge is 0.493 e. The van der Waals surface area contributed by atoms with E-state index < -0.39 is 21.7 Å². The minimum atomic E-state index is -4.70. The quantitative estimate of drug-likeness (QED) is 0.484. The van der Waals surface area contributed by atoms with E-state index in [0.29, 0.717) is 24.0 Å². The Morgan fingerprint density at radius 2 is 1.73 bits per heavy atom. The van der Waals surface area contributed by atoms with E-state index in [2.05, 4.69) is 6.92 Å². The molecule has 168 valence electrons. The van der Waals surface area contributed by atoms with Crippen molar-refractivity contribution in [3.05, 3.63) is 23.3 Å². The van der Waals surface area contributed by atoms with Gasteiger partial charge in [-0.05, 0) is 85.0 Å². The van der Waals surface area contributed by atoms with Crippen LogP contribution in [0.5, 0.6) is 11.5 Å². The highest BCUT2D eigenvalue weighted by atomic mass is 31.2. The molecule has 0 unspecified atom stereocenters. The van der Waals surface area contributed by atoms with E-state index in [0.717, 1.165) is 43.2 Å². The Kier molecular flexibility index (Phi) is 5.64. The molecular weight excluding hydrogens is 434 g/mol. The number of phosphoric ester groups is 2. The van der Waals surface area contributed by atoms with Crippen molar-refractivity contribution in [1.82, 2.24) is 0 Å². The largest absolute Gasteiger partial charge is 0.524 e. The summed E-state index contributed by atoms with van der Waals surface area (Å²) in [5, 5.41) is 0. The van der Waals surface area contributed by atoms with Crippen LogP contribution in [0.1, 0.15) is 56.1 Å². The van der Waals surface area contributed by atoms with Crippen molar-refractivity contribution in [2.75, 3.05) is 7.11 Å². The van der Waals surface area contributed by atoms with Gasteiger partial charge in [-0.25, -0.2) is 9.13 Å². The van der Waals surface area contributed by atoms with Gasteiger partial charge >= 0.3 is 15.6 Å². The van der Waals surface area contributed by atoms with Crippen molar-refractivity contribution in [2.45, 2.75) is 57.5 Å². The molecule has 5 atom stereocenters. The maximum Gasteiger partial charge on any atom is 0.524 e. The maximum absolute atomic E-state index is 11.4. The molecule has 3 aliphatic rings. The number of phosphoric acid groups is 2. The highest BCUT2D eigenvalue weighted by molar-refractivity contribution is 7.46. The molecule has 0 radical (unpaired) electrons. The highest BCUT2D eigenvalue weighted by Gasteiger charge is 2.56. The summed E-state index contributed by atoms with van der Waals surface area (Å²) < 4.78 is 38.1. The number of rotatable bonds is 5. The first-order valence-electron chi connectivity index (χ1n) is 10.1. The molecular formula is C19H28O9P2. The average Bonchev–Trinajstić information content (AvgIpc) is 2.94. The SMILES string of the molecule is COc1cc2c(cc1OP(=O)(O)O)CC[C@@H]1[C@@H]2CC[C@]2(C)[C@@H](OP(=O)(O)O)CC[C@@H]12. The van der Waals surface area contributed by atoms with E-state index in [1.54, 1.807) is 6.07 Å². The number of hydrogen-bond donors (Lipinski definition) is 4. The van der Waals surface area contributed by atoms with Gasteiger partial charge in [0.1, 0.15) is 0 Å². The molecule has 1 aromatic rings. The lowest BCUT2D eigenvalue weighted by molar-refractivity contribution is -0.0218. The monoisotopic (exact) mass is 462 g/mol. The summed E-state index contributed by atoms with van der Waals surface area (Å²) in [6.45, 7) is 2.09. The van der Waals surface area contributed by atoms with Crippen molar-refractivity contribution in [1.29, 1.82) is 0 Å². The fourth-order valence-corrected chi connectivity index (χ4v) is 7.30. The van der Waals surface area contributed by atoms with E-state index in [9.17, 15) is 28.7 Å². The molecule has 3 aliphatic carbocycles. The Hall–Kier alpha value is -0.920. The number of methoxy groups -OCH3 is 1. The van der Waals surface area contributed by atoms with Gasteiger partial charge in [0.2, 0.25) is 0 Å². The molecule has 2 saturated carbocycles. The van der Waals surface area contributed by atoms with Crippen LogP contribution in [0.15, 0.2) is 12.1 Å². The first kappa shape index (κ1) is 22.3. The zero-order valence-corrected chi connectivity index (χ0v) is 18.7. The lowest BCUT2D eigenvalue weighted by Gasteiger charge is -2.50. The van der Waals surface area contributed by atoms with Gasteiger partial charge in [0, 0.05) is 0 Å². The average molecular weight is 462 g/mol. The second-order valence-electron chi connectivity index (χ2n) is 8.91. The fraction of sp³-hybridized carbons (Fsp3) is 0.684. The van der Waals surface area contributed by atoms with Gasteiger partial charge in [0.25, 0.3) is 0 Å². The molecule has 0 heterocycles. The van der Waals surface area contributed by atoms with E-state index in [-0.39, 0.29) is 17.1 Å². The third-order valence-electron chi connectivity index (χ3n) is 7.40. The molecule has 0 amide bonds. The third-order valence-corrected chi connectivity index (χ3v) is 8.37. The van der Waals surface area contributed by atoms with Crippen LogP contribution in [0.3, 0.4) is 0 Å². The lowest BCUT2D eigenvalue weighted by atomic mass is 9.55. The van der Waals surface area contributed by atoms with E-state index in [1.165, 1.54) is 7.11 Å². The fourth-order valence-electron chi connectivity index (χ4n) is 6.23. The predicted octanol–water partition coefficient (Wildman–Crippen LogP) is 3.50. The van der Waals surface area contributed by atoms with Crippen LogP contribution in [0.25, 0.3) is 0 Å². The summed E-state index contributed by atoms with van der Waals surface area (Å²) in [7, 11) is -7.80. The Balaban J connectivity index is 1.63. The topological polar surface area (TPSA) is 143 Å². The number of aryl methyl sites for hydroxylation is 1. The minimum absolute atomic E-state index is 0.0413. The molecule has 0 aromatic heterocycles. The summed E-state index contributed by atoms with van der Waals surface area (Å²) in [6, 6.07) is 3.50. The second-order valence-corrected chi connectivity index (χ2v) is 11.3. The Morgan fingerprint density at radius 3 is 2.37 bits per heavy atom. The molecule has 4 N–H and O–H groups in total. The first-order chi connectivity index (χ1) is 13.9. The van der Waals surface area contributed by atoms with Crippen molar-refractivity contribution in [3.63, 3.8) is 0 Å². The van der Waals surface area contributed by atoms with Gasteiger partial charge in [0.05, 0.1) is 13.2 Å². The van der Waals surface area contributed by atoms with Crippen molar-refractivity contribution in [2.24, 2.45) is 17.3 Å². The van der Waals surface area contributed by atoms with Crippen LogP contribution >= 0.6 is 15.6 Å².